The monoisotopic (exact) mass is 571 g/mol. The third kappa shape index (κ3) is 8.19. The second kappa shape index (κ2) is 17.2. The molecule has 0 amide bonds. The van der Waals surface area contributed by atoms with Crippen molar-refractivity contribution in [1.82, 2.24) is 0 Å². The van der Waals surface area contributed by atoms with E-state index in [0.29, 0.717) is 16.7 Å². The van der Waals surface area contributed by atoms with Crippen LogP contribution in [0, 0.1) is 94.2 Å². The molecule has 4 rings (SSSR count). The fourth-order valence-electron chi connectivity index (χ4n) is 10.9. The summed E-state index contributed by atoms with van der Waals surface area (Å²) < 4.78 is 0. The fraction of sp³-hybridized carbons (Fsp3) is 0.951. The SMILES string of the molecule is C#CC(CC)CC1CCC2(C)C(C1)C(CC)C(C)C1C3CCC(C(C)C(C)C)C3(C)CCC12.CC.CC.CC(C)C. The number of fused-ring (bicyclic) bond motifs is 5. The summed E-state index contributed by atoms with van der Waals surface area (Å²) in [6, 6.07) is 0. The van der Waals surface area contributed by atoms with E-state index in [9.17, 15) is 0 Å². The molecule has 0 aromatic rings. The lowest BCUT2D eigenvalue weighted by atomic mass is 9.39. The molecule has 0 nitrogen and oxygen atoms in total. The van der Waals surface area contributed by atoms with E-state index < -0.39 is 0 Å². The van der Waals surface area contributed by atoms with Crippen LogP contribution in [0.15, 0.2) is 0 Å². The zero-order valence-electron chi connectivity index (χ0n) is 31.1. The first kappa shape index (κ1) is 38.6. The van der Waals surface area contributed by atoms with Crippen LogP contribution in [-0.4, -0.2) is 0 Å². The lowest BCUT2D eigenvalue weighted by Crippen LogP contribution is -2.59. The standard InChI is InChI=1S/C33H56.C4H10.2C2H6/c1-10-24(11-2)19-25-15-17-33(9)29-16-18-32(8)27(22(6)21(4)5)13-14-28(32)31(29)23(7)26(12-3)30(33)20-25;1-4(2)3;2*1-2/h1,21-31H,11-20H2,2-9H3;4H,1-3H3;2*1-2H3. The molecule has 4 fully saturated rings. The Balaban J connectivity index is 0.000000950. The minimum Gasteiger partial charge on any atom is -0.120 e. The Morgan fingerprint density at radius 3 is 1.80 bits per heavy atom. The Hall–Kier alpha value is -0.440. The highest BCUT2D eigenvalue weighted by Crippen LogP contribution is 2.71. The van der Waals surface area contributed by atoms with E-state index in [4.69, 9.17) is 6.42 Å². The van der Waals surface area contributed by atoms with Crippen LogP contribution >= 0.6 is 0 Å². The summed E-state index contributed by atoms with van der Waals surface area (Å²) >= 11 is 0. The molecule has 0 aromatic heterocycles. The lowest BCUT2D eigenvalue weighted by Gasteiger charge is -2.66. The Morgan fingerprint density at radius 1 is 0.780 bits per heavy atom. The summed E-state index contributed by atoms with van der Waals surface area (Å²) in [5.41, 5.74) is 1.17. The Kier molecular flexibility index (Phi) is 16.1. The fourth-order valence-corrected chi connectivity index (χ4v) is 10.9. The van der Waals surface area contributed by atoms with E-state index >= 15 is 0 Å². The van der Waals surface area contributed by atoms with Gasteiger partial charge < -0.3 is 0 Å². The van der Waals surface area contributed by atoms with Gasteiger partial charge in [-0.05, 0) is 134 Å². The summed E-state index contributed by atoms with van der Waals surface area (Å²) in [7, 11) is 0. The summed E-state index contributed by atoms with van der Waals surface area (Å²) in [6.07, 6.45) is 20.1. The first-order valence-electron chi connectivity index (χ1n) is 18.8. The molecule has 12 atom stereocenters. The minimum absolute atomic E-state index is 0.502. The van der Waals surface area contributed by atoms with Crippen molar-refractivity contribution < 1.29 is 0 Å². The third-order valence-electron chi connectivity index (χ3n) is 13.1. The molecule has 0 aliphatic heterocycles. The predicted octanol–water partition coefficient (Wildman–Crippen LogP) is 13.2. The van der Waals surface area contributed by atoms with Gasteiger partial charge in [-0.3, -0.25) is 0 Å². The molecule has 0 aromatic carbocycles. The third-order valence-corrected chi connectivity index (χ3v) is 13.1. The highest BCUT2D eigenvalue weighted by molar-refractivity contribution is 5.13. The number of hydrogen-bond acceptors (Lipinski definition) is 0. The van der Waals surface area contributed by atoms with Crippen molar-refractivity contribution in [3.05, 3.63) is 0 Å². The predicted molar refractivity (Wildman–Crippen MR) is 187 cm³/mol. The average molecular weight is 571 g/mol. The van der Waals surface area contributed by atoms with Gasteiger partial charge in [-0.2, -0.15) is 0 Å². The first-order valence-corrected chi connectivity index (χ1v) is 18.8. The molecule has 4 saturated carbocycles. The summed E-state index contributed by atoms with van der Waals surface area (Å²) in [4.78, 5) is 0. The Morgan fingerprint density at radius 2 is 1.32 bits per heavy atom. The van der Waals surface area contributed by atoms with Crippen molar-refractivity contribution in [3.63, 3.8) is 0 Å². The minimum atomic E-state index is 0.502. The van der Waals surface area contributed by atoms with Crippen molar-refractivity contribution in [2.24, 2.45) is 81.8 Å². The average Bonchev–Trinajstić information content (AvgIpc) is 3.30. The van der Waals surface area contributed by atoms with E-state index in [1.807, 2.05) is 27.7 Å². The molecule has 0 saturated heterocycles. The molecule has 4 aliphatic carbocycles. The normalized spacial score (nSPS) is 40.6. The quantitative estimate of drug-likeness (QED) is 0.279. The van der Waals surface area contributed by atoms with E-state index in [1.165, 1.54) is 57.8 Å². The number of rotatable bonds is 6. The van der Waals surface area contributed by atoms with Gasteiger partial charge in [0.05, 0.1) is 0 Å². The molecule has 0 radical (unpaired) electrons. The molecule has 0 spiro atoms. The van der Waals surface area contributed by atoms with Gasteiger partial charge >= 0.3 is 0 Å². The van der Waals surface area contributed by atoms with Crippen molar-refractivity contribution in [2.45, 2.75) is 168 Å². The zero-order chi connectivity index (χ0) is 31.7. The van der Waals surface area contributed by atoms with Crippen LogP contribution in [0.25, 0.3) is 0 Å². The van der Waals surface area contributed by atoms with Crippen LogP contribution in [0.2, 0.25) is 0 Å². The summed E-state index contributed by atoms with van der Waals surface area (Å²) in [6.45, 7) is 35.0. The van der Waals surface area contributed by atoms with E-state index in [1.54, 1.807) is 0 Å². The maximum Gasteiger partial charge on any atom is 0.0200 e. The summed E-state index contributed by atoms with van der Waals surface area (Å²) in [5.74, 6) is 13.7. The Bertz CT molecular complexity index is 752. The molecular formula is C41H78. The van der Waals surface area contributed by atoms with E-state index in [-0.39, 0.29) is 0 Å². The molecule has 0 N–H and O–H groups in total. The molecular weight excluding hydrogens is 492 g/mol. The largest absolute Gasteiger partial charge is 0.120 e. The second-order valence-electron chi connectivity index (χ2n) is 16.0. The highest BCUT2D eigenvalue weighted by Gasteiger charge is 2.64. The maximum atomic E-state index is 5.88. The van der Waals surface area contributed by atoms with E-state index in [2.05, 4.69) is 82.1 Å². The van der Waals surface area contributed by atoms with Crippen molar-refractivity contribution >= 4 is 0 Å². The molecule has 12 unspecified atom stereocenters. The zero-order valence-corrected chi connectivity index (χ0v) is 31.1. The Labute approximate surface area is 261 Å². The molecule has 0 heterocycles. The smallest absolute Gasteiger partial charge is 0.0200 e. The first-order chi connectivity index (χ1) is 19.3. The maximum absolute atomic E-state index is 5.88. The van der Waals surface area contributed by atoms with Gasteiger partial charge in [0.15, 0.2) is 0 Å². The van der Waals surface area contributed by atoms with Crippen LogP contribution in [0.1, 0.15) is 168 Å². The molecule has 4 aliphatic rings. The van der Waals surface area contributed by atoms with Gasteiger partial charge in [0.1, 0.15) is 0 Å². The van der Waals surface area contributed by atoms with Gasteiger partial charge in [-0.15, -0.1) is 12.3 Å². The second-order valence-corrected chi connectivity index (χ2v) is 16.0. The topological polar surface area (TPSA) is 0 Å². The van der Waals surface area contributed by atoms with Gasteiger partial charge in [0, 0.05) is 5.92 Å². The number of terminal acetylenes is 1. The molecule has 41 heavy (non-hydrogen) atoms. The molecule has 0 bridgehead atoms. The van der Waals surface area contributed by atoms with Gasteiger partial charge in [-0.25, -0.2) is 0 Å². The van der Waals surface area contributed by atoms with Gasteiger partial charge in [0.25, 0.3) is 0 Å². The molecule has 242 valence electrons. The van der Waals surface area contributed by atoms with Crippen molar-refractivity contribution in [3.8, 4) is 12.3 Å². The van der Waals surface area contributed by atoms with Crippen LogP contribution in [-0.2, 0) is 0 Å². The van der Waals surface area contributed by atoms with Crippen LogP contribution < -0.4 is 0 Å². The lowest BCUT2D eigenvalue weighted by molar-refractivity contribution is -0.172. The number of hydrogen-bond donors (Lipinski definition) is 0. The van der Waals surface area contributed by atoms with Gasteiger partial charge in [0.2, 0.25) is 0 Å². The van der Waals surface area contributed by atoms with Gasteiger partial charge in [-0.1, -0.05) is 110 Å². The van der Waals surface area contributed by atoms with Crippen LogP contribution in [0.4, 0.5) is 0 Å². The van der Waals surface area contributed by atoms with Crippen molar-refractivity contribution in [2.75, 3.05) is 0 Å². The van der Waals surface area contributed by atoms with Crippen LogP contribution in [0.5, 0.6) is 0 Å². The van der Waals surface area contributed by atoms with Crippen molar-refractivity contribution in [1.29, 1.82) is 0 Å². The summed E-state index contributed by atoms with van der Waals surface area (Å²) in [5, 5.41) is 0. The molecule has 0 heteroatoms. The highest BCUT2D eigenvalue weighted by atomic mass is 14.7. The van der Waals surface area contributed by atoms with E-state index in [0.717, 1.165) is 71.5 Å². The van der Waals surface area contributed by atoms with Crippen LogP contribution in [0.3, 0.4) is 0 Å².